The van der Waals surface area contributed by atoms with Gasteiger partial charge in [0.1, 0.15) is 11.3 Å². The van der Waals surface area contributed by atoms with E-state index in [0.29, 0.717) is 22.6 Å². The zero-order valence-electron chi connectivity index (χ0n) is 16.6. The Morgan fingerprint density at radius 1 is 1.00 bits per heavy atom. The smallest absolute Gasteiger partial charge is 0.285 e. The lowest BCUT2D eigenvalue weighted by Gasteiger charge is -2.09. The first-order valence-electron chi connectivity index (χ1n) is 9.70. The van der Waals surface area contributed by atoms with E-state index in [-0.39, 0.29) is 11.1 Å². The van der Waals surface area contributed by atoms with Gasteiger partial charge in [-0.05, 0) is 30.2 Å². The van der Waals surface area contributed by atoms with Crippen molar-refractivity contribution < 1.29 is 4.74 Å². The number of rotatable bonds is 4. The third-order valence-corrected chi connectivity index (χ3v) is 5.18. The number of pyridine rings is 1. The molecule has 0 spiro atoms. The molecular weight excluding hydrogens is 378 g/mol. The predicted molar refractivity (Wildman–Crippen MR) is 115 cm³/mol. The van der Waals surface area contributed by atoms with Crippen LogP contribution in [0.15, 0.2) is 71.7 Å². The van der Waals surface area contributed by atoms with Gasteiger partial charge in [-0.1, -0.05) is 43.3 Å². The van der Waals surface area contributed by atoms with Gasteiger partial charge in [-0.2, -0.15) is 5.10 Å². The Morgan fingerprint density at radius 3 is 2.60 bits per heavy atom. The summed E-state index contributed by atoms with van der Waals surface area (Å²) in [6.45, 7) is 2.06. The van der Waals surface area contributed by atoms with Crippen LogP contribution in [-0.2, 0) is 6.42 Å². The van der Waals surface area contributed by atoms with E-state index in [2.05, 4.69) is 17.1 Å². The van der Waals surface area contributed by atoms with E-state index < -0.39 is 0 Å². The summed E-state index contributed by atoms with van der Waals surface area (Å²) >= 11 is 0. The minimum atomic E-state index is -0.259. The van der Waals surface area contributed by atoms with Crippen molar-refractivity contribution in [3.8, 4) is 22.6 Å². The Bertz CT molecular complexity index is 1440. The number of methoxy groups -OCH3 is 1. The second-order valence-corrected chi connectivity index (χ2v) is 6.90. The maximum absolute atomic E-state index is 13.2. The number of benzene rings is 2. The summed E-state index contributed by atoms with van der Waals surface area (Å²) in [6.07, 6.45) is 2.48. The summed E-state index contributed by atoms with van der Waals surface area (Å²) in [6, 6.07) is 19.2. The number of nitrogens with zero attached hydrogens (tertiary/aromatic N) is 5. The molecule has 0 aliphatic rings. The number of hydrogen-bond acceptors (Lipinski definition) is 5. The summed E-state index contributed by atoms with van der Waals surface area (Å²) in [7, 11) is 1.60. The molecule has 0 aliphatic carbocycles. The minimum Gasteiger partial charge on any atom is -0.497 e. The molecule has 0 unspecified atom stereocenters. The molecule has 7 nitrogen and oxygen atoms in total. The molecule has 148 valence electrons. The number of fused-ring (bicyclic) bond motifs is 3. The molecule has 30 heavy (non-hydrogen) atoms. The first-order chi connectivity index (χ1) is 14.7. The van der Waals surface area contributed by atoms with Crippen LogP contribution in [0.3, 0.4) is 0 Å². The highest BCUT2D eigenvalue weighted by Gasteiger charge is 2.18. The van der Waals surface area contributed by atoms with Crippen LogP contribution in [0.5, 0.6) is 5.75 Å². The molecule has 0 saturated heterocycles. The van der Waals surface area contributed by atoms with Crippen molar-refractivity contribution in [2.45, 2.75) is 13.3 Å². The van der Waals surface area contributed by atoms with E-state index in [9.17, 15) is 4.79 Å². The van der Waals surface area contributed by atoms with Crippen LogP contribution in [0.4, 0.5) is 0 Å². The quantitative estimate of drug-likeness (QED) is 0.463. The predicted octanol–water partition coefficient (Wildman–Crippen LogP) is 3.67. The molecule has 7 heteroatoms. The lowest BCUT2D eigenvalue weighted by Crippen LogP contribution is -2.20. The van der Waals surface area contributed by atoms with Gasteiger partial charge < -0.3 is 4.74 Å². The van der Waals surface area contributed by atoms with Crippen molar-refractivity contribution in [2.75, 3.05) is 7.11 Å². The normalized spacial score (nSPS) is 11.3. The van der Waals surface area contributed by atoms with Gasteiger partial charge in [0.2, 0.25) is 0 Å². The standard InChI is InChI=1S/C23H19N5O2/c1-3-18-20(15-8-5-4-6-9-15)22-25-24-21-19(28(22)26-18)12-13-27(23(21)29)16-10-7-11-17(14-16)30-2/h4-14H,3H2,1-2H3. The molecule has 0 atom stereocenters. The van der Waals surface area contributed by atoms with Crippen molar-refractivity contribution in [3.05, 3.63) is 82.9 Å². The van der Waals surface area contributed by atoms with Gasteiger partial charge in [-0.15, -0.1) is 10.2 Å². The number of aromatic nitrogens is 5. The highest BCUT2D eigenvalue weighted by molar-refractivity contribution is 5.84. The van der Waals surface area contributed by atoms with E-state index in [1.807, 2.05) is 54.6 Å². The highest BCUT2D eigenvalue weighted by atomic mass is 16.5. The van der Waals surface area contributed by atoms with Crippen molar-refractivity contribution in [3.63, 3.8) is 0 Å². The lowest BCUT2D eigenvalue weighted by atomic mass is 10.0. The number of ether oxygens (including phenoxy) is 1. The Labute approximate surface area is 172 Å². The Morgan fingerprint density at radius 2 is 1.83 bits per heavy atom. The van der Waals surface area contributed by atoms with Crippen LogP contribution in [0.1, 0.15) is 12.6 Å². The van der Waals surface area contributed by atoms with Crippen LogP contribution < -0.4 is 10.3 Å². The average molecular weight is 397 g/mol. The Kier molecular flexibility index (Phi) is 4.28. The summed E-state index contributed by atoms with van der Waals surface area (Å²) < 4.78 is 8.53. The van der Waals surface area contributed by atoms with Gasteiger partial charge in [0.25, 0.3) is 5.56 Å². The maximum Gasteiger partial charge on any atom is 0.285 e. The van der Waals surface area contributed by atoms with E-state index in [0.717, 1.165) is 23.2 Å². The zero-order valence-corrected chi connectivity index (χ0v) is 16.6. The molecule has 5 rings (SSSR count). The third kappa shape index (κ3) is 2.75. The van der Waals surface area contributed by atoms with Gasteiger partial charge in [-0.3, -0.25) is 9.36 Å². The fraction of sp³-hybridized carbons (Fsp3) is 0.130. The Hall–Kier alpha value is -4.00. The van der Waals surface area contributed by atoms with Gasteiger partial charge in [-0.25, -0.2) is 4.52 Å². The molecule has 0 fully saturated rings. The maximum atomic E-state index is 13.2. The first kappa shape index (κ1) is 18.1. The van der Waals surface area contributed by atoms with Crippen LogP contribution in [0.2, 0.25) is 0 Å². The highest BCUT2D eigenvalue weighted by Crippen LogP contribution is 2.28. The van der Waals surface area contributed by atoms with Crippen molar-refractivity contribution in [2.24, 2.45) is 0 Å². The second kappa shape index (κ2) is 7.11. The van der Waals surface area contributed by atoms with E-state index in [4.69, 9.17) is 9.84 Å². The Balaban J connectivity index is 1.77. The molecule has 0 bridgehead atoms. The fourth-order valence-corrected chi connectivity index (χ4v) is 3.70. The number of hydrogen-bond donors (Lipinski definition) is 0. The molecular formula is C23H19N5O2. The lowest BCUT2D eigenvalue weighted by molar-refractivity contribution is 0.414. The summed E-state index contributed by atoms with van der Waals surface area (Å²) in [5, 5.41) is 13.4. The largest absolute Gasteiger partial charge is 0.497 e. The summed E-state index contributed by atoms with van der Waals surface area (Å²) in [4.78, 5) is 13.2. The molecule has 0 saturated carbocycles. The second-order valence-electron chi connectivity index (χ2n) is 6.90. The minimum absolute atomic E-state index is 0.259. The zero-order chi connectivity index (χ0) is 20.7. The molecule has 3 heterocycles. The SMILES string of the molecule is CCc1nn2c(nnc3c(=O)n(-c4cccc(OC)c4)ccc32)c1-c1ccccc1. The monoisotopic (exact) mass is 397 g/mol. The van der Waals surface area contributed by atoms with Crippen molar-refractivity contribution in [1.82, 2.24) is 24.4 Å². The van der Waals surface area contributed by atoms with Crippen molar-refractivity contribution >= 4 is 16.7 Å². The third-order valence-electron chi connectivity index (χ3n) is 5.18. The van der Waals surface area contributed by atoms with E-state index >= 15 is 0 Å². The molecule has 2 aromatic carbocycles. The molecule has 0 amide bonds. The molecule has 5 aromatic rings. The molecule has 0 N–H and O–H groups in total. The van der Waals surface area contributed by atoms with Gasteiger partial charge in [0, 0.05) is 12.3 Å². The molecule has 0 aliphatic heterocycles. The van der Waals surface area contributed by atoms with Crippen LogP contribution in [0, 0.1) is 0 Å². The topological polar surface area (TPSA) is 74.3 Å². The molecule has 0 radical (unpaired) electrons. The van der Waals surface area contributed by atoms with Crippen LogP contribution in [-0.4, -0.2) is 31.5 Å². The van der Waals surface area contributed by atoms with Crippen molar-refractivity contribution in [1.29, 1.82) is 0 Å². The summed E-state index contributed by atoms with van der Waals surface area (Å²) in [5.74, 6) is 0.674. The molecule has 3 aromatic heterocycles. The fourth-order valence-electron chi connectivity index (χ4n) is 3.70. The number of aryl methyl sites for hydroxylation is 1. The van der Waals surface area contributed by atoms with Gasteiger partial charge >= 0.3 is 0 Å². The van der Waals surface area contributed by atoms with Crippen LogP contribution in [0.25, 0.3) is 33.5 Å². The van der Waals surface area contributed by atoms with E-state index in [1.165, 1.54) is 4.57 Å². The van der Waals surface area contributed by atoms with E-state index in [1.54, 1.807) is 23.9 Å². The average Bonchev–Trinajstić information content (AvgIpc) is 3.19. The summed E-state index contributed by atoms with van der Waals surface area (Å²) in [5.41, 5.74) is 4.86. The van der Waals surface area contributed by atoms with Crippen LogP contribution >= 0.6 is 0 Å². The first-order valence-corrected chi connectivity index (χ1v) is 9.70. The van der Waals surface area contributed by atoms with Gasteiger partial charge in [0.05, 0.1) is 24.1 Å². The van der Waals surface area contributed by atoms with Gasteiger partial charge in [0.15, 0.2) is 11.2 Å².